The van der Waals surface area contributed by atoms with Gasteiger partial charge in [-0.05, 0) is 27.7 Å². The van der Waals surface area contributed by atoms with Gasteiger partial charge in [-0.1, -0.05) is 6.92 Å². The lowest BCUT2D eigenvalue weighted by Crippen LogP contribution is -2.42. The molecule has 1 unspecified atom stereocenters. The number of carbonyl (C=O) groups is 2. The first-order valence-corrected chi connectivity index (χ1v) is 7.76. The van der Waals surface area contributed by atoms with Crippen LogP contribution in [0, 0.1) is 5.92 Å². The SMILES string of the molecule is CCNC(=NCC(C)C(=O)OC)NCCNC(=O)OC(C)(C)C. The van der Waals surface area contributed by atoms with Crippen LogP contribution in [0.25, 0.3) is 0 Å². The van der Waals surface area contributed by atoms with E-state index in [1.807, 2.05) is 27.7 Å². The van der Waals surface area contributed by atoms with Crippen LogP contribution in [0.1, 0.15) is 34.6 Å². The Kier molecular flexibility index (Phi) is 9.76. The number of esters is 1. The molecule has 0 radical (unpaired) electrons. The van der Waals surface area contributed by atoms with E-state index in [9.17, 15) is 9.59 Å². The minimum absolute atomic E-state index is 0.295. The number of aliphatic imine (C=N–C) groups is 1. The molecule has 0 aromatic carbocycles. The summed E-state index contributed by atoms with van der Waals surface area (Å²) < 4.78 is 9.79. The van der Waals surface area contributed by atoms with Crippen LogP contribution >= 0.6 is 0 Å². The molecule has 134 valence electrons. The molecular formula is C15H30N4O4. The maximum Gasteiger partial charge on any atom is 0.407 e. The number of methoxy groups -OCH3 is 1. The van der Waals surface area contributed by atoms with Crippen LogP contribution < -0.4 is 16.0 Å². The van der Waals surface area contributed by atoms with Gasteiger partial charge in [-0.3, -0.25) is 9.79 Å². The smallest absolute Gasteiger partial charge is 0.407 e. The predicted molar refractivity (Wildman–Crippen MR) is 89.4 cm³/mol. The Hall–Kier alpha value is -1.99. The second-order valence-electron chi connectivity index (χ2n) is 6.00. The van der Waals surface area contributed by atoms with Gasteiger partial charge in [-0.2, -0.15) is 0 Å². The summed E-state index contributed by atoms with van der Waals surface area (Å²) in [7, 11) is 1.36. The summed E-state index contributed by atoms with van der Waals surface area (Å²) in [5, 5.41) is 8.78. The van der Waals surface area contributed by atoms with Crippen molar-refractivity contribution in [2.45, 2.75) is 40.2 Å². The summed E-state index contributed by atoms with van der Waals surface area (Å²) >= 11 is 0. The second kappa shape index (κ2) is 10.7. The second-order valence-corrected chi connectivity index (χ2v) is 6.00. The van der Waals surface area contributed by atoms with Crippen LogP contribution in [0.2, 0.25) is 0 Å². The summed E-state index contributed by atoms with van der Waals surface area (Å²) in [6.07, 6.45) is -0.458. The van der Waals surface area contributed by atoms with Crippen molar-refractivity contribution in [2.24, 2.45) is 10.9 Å². The Morgan fingerprint density at radius 3 is 2.26 bits per heavy atom. The number of guanidine groups is 1. The highest BCUT2D eigenvalue weighted by molar-refractivity contribution is 5.80. The monoisotopic (exact) mass is 330 g/mol. The molecule has 1 amide bonds. The summed E-state index contributed by atoms with van der Waals surface area (Å²) in [4.78, 5) is 27.1. The number of carbonyl (C=O) groups excluding carboxylic acids is 2. The van der Waals surface area contributed by atoms with Gasteiger partial charge in [-0.15, -0.1) is 0 Å². The van der Waals surface area contributed by atoms with Gasteiger partial charge in [0.1, 0.15) is 5.60 Å². The van der Waals surface area contributed by atoms with Crippen molar-refractivity contribution in [1.82, 2.24) is 16.0 Å². The van der Waals surface area contributed by atoms with Gasteiger partial charge in [0, 0.05) is 19.6 Å². The van der Waals surface area contributed by atoms with Crippen molar-refractivity contribution in [2.75, 3.05) is 33.3 Å². The van der Waals surface area contributed by atoms with E-state index < -0.39 is 11.7 Å². The van der Waals surface area contributed by atoms with E-state index in [2.05, 4.69) is 25.7 Å². The van der Waals surface area contributed by atoms with Crippen LogP contribution in [-0.2, 0) is 14.3 Å². The fourth-order valence-electron chi connectivity index (χ4n) is 1.51. The number of hydrogen-bond donors (Lipinski definition) is 3. The molecule has 0 aliphatic carbocycles. The Morgan fingerprint density at radius 2 is 1.74 bits per heavy atom. The zero-order chi connectivity index (χ0) is 17.9. The first kappa shape index (κ1) is 21.0. The Labute approximate surface area is 138 Å². The van der Waals surface area contributed by atoms with E-state index in [0.29, 0.717) is 32.1 Å². The van der Waals surface area contributed by atoms with Gasteiger partial charge in [0.05, 0.1) is 19.6 Å². The topological polar surface area (TPSA) is 101 Å². The Morgan fingerprint density at radius 1 is 1.13 bits per heavy atom. The molecule has 0 aliphatic rings. The summed E-state index contributed by atoms with van der Waals surface area (Å²) in [5.74, 6) is -0.0271. The third-order valence-corrected chi connectivity index (χ3v) is 2.56. The fourth-order valence-corrected chi connectivity index (χ4v) is 1.51. The molecule has 0 rings (SSSR count). The van der Waals surface area contributed by atoms with Gasteiger partial charge in [0.15, 0.2) is 5.96 Å². The Bertz CT molecular complexity index is 405. The molecular weight excluding hydrogens is 300 g/mol. The van der Waals surface area contributed by atoms with E-state index in [1.165, 1.54) is 7.11 Å². The van der Waals surface area contributed by atoms with E-state index in [1.54, 1.807) is 6.92 Å². The number of hydrogen-bond acceptors (Lipinski definition) is 5. The van der Waals surface area contributed by atoms with Crippen molar-refractivity contribution < 1.29 is 19.1 Å². The summed E-state index contributed by atoms with van der Waals surface area (Å²) in [6, 6.07) is 0. The highest BCUT2D eigenvalue weighted by Crippen LogP contribution is 2.05. The maximum atomic E-state index is 11.5. The molecule has 0 saturated carbocycles. The number of nitrogens with one attached hydrogen (secondary N) is 3. The maximum absolute atomic E-state index is 11.5. The molecule has 8 heteroatoms. The van der Waals surface area contributed by atoms with Crippen LogP contribution in [0.4, 0.5) is 4.79 Å². The molecule has 0 aromatic rings. The van der Waals surface area contributed by atoms with E-state index >= 15 is 0 Å². The van der Waals surface area contributed by atoms with Crippen molar-refractivity contribution >= 4 is 18.0 Å². The van der Waals surface area contributed by atoms with Crippen molar-refractivity contribution in [1.29, 1.82) is 0 Å². The van der Waals surface area contributed by atoms with Crippen molar-refractivity contribution in [3.05, 3.63) is 0 Å². The summed E-state index contributed by atoms with van der Waals surface area (Å²) in [5.41, 5.74) is -0.516. The zero-order valence-electron chi connectivity index (χ0n) is 15.0. The van der Waals surface area contributed by atoms with Gasteiger partial charge in [-0.25, -0.2) is 4.79 Å². The number of ether oxygens (including phenoxy) is 2. The largest absolute Gasteiger partial charge is 0.469 e. The van der Waals surface area contributed by atoms with Crippen molar-refractivity contribution in [3.8, 4) is 0 Å². The molecule has 0 bridgehead atoms. The lowest BCUT2D eigenvalue weighted by molar-refractivity contribution is -0.144. The fraction of sp³-hybridized carbons (Fsp3) is 0.800. The minimum atomic E-state index is -0.516. The Balaban J connectivity index is 4.19. The number of rotatable bonds is 7. The highest BCUT2D eigenvalue weighted by atomic mass is 16.6. The third-order valence-electron chi connectivity index (χ3n) is 2.56. The number of amides is 1. The average molecular weight is 330 g/mol. The lowest BCUT2D eigenvalue weighted by Gasteiger charge is -2.20. The molecule has 0 heterocycles. The standard InChI is InChI=1S/C15H30N4O4/c1-7-16-13(19-10-11(2)12(20)22-6)17-8-9-18-14(21)23-15(3,4)5/h11H,7-10H2,1-6H3,(H,18,21)(H2,16,17,19). The molecule has 8 nitrogen and oxygen atoms in total. The molecule has 1 atom stereocenters. The molecule has 0 aliphatic heterocycles. The van der Waals surface area contributed by atoms with Gasteiger partial charge >= 0.3 is 12.1 Å². The molecule has 3 N–H and O–H groups in total. The zero-order valence-corrected chi connectivity index (χ0v) is 15.0. The van der Waals surface area contributed by atoms with Gasteiger partial charge in [0.2, 0.25) is 0 Å². The van der Waals surface area contributed by atoms with Gasteiger partial charge in [0.25, 0.3) is 0 Å². The number of nitrogens with zero attached hydrogens (tertiary/aromatic N) is 1. The molecule has 0 saturated heterocycles. The van der Waals surface area contributed by atoms with Crippen LogP contribution in [-0.4, -0.2) is 56.9 Å². The highest BCUT2D eigenvalue weighted by Gasteiger charge is 2.15. The normalized spacial score (nSPS) is 13.0. The minimum Gasteiger partial charge on any atom is -0.469 e. The van der Waals surface area contributed by atoms with Crippen LogP contribution in [0.5, 0.6) is 0 Å². The van der Waals surface area contributed by atoms with Crippen molar-refractivity contribution in [3.63, 3.8) is 0 Å². The van der Waals surface area contributed by atoms with E-state index in [4.69, 9.17) is 4.74 Å². The summed E-state index contributed by atoms with van der Waals surface area (Å²) in [6.45, 7) is 11.0. The van der Waals surface area contributed by atoms with E-state index in [0.717, 1.165) is 0 Å². The first-order chi connectivity index (χ1) is 10.7. The van der Waals surface area contributed by atoms with Crippen LogP contribution in [0.15, 0.2) is 4.99 Å². The average Bonchev–Trinajstić information content (AvgIpc) is 2.45. The molecule has 0 aromatic heterocycles. The third kappa shape index (κ3) is 11.3. The van der Waals surface area contributed by atoms with Gasteiger partial charge < -0.3 is 25.4 Å². The molecule has 0 spiro atoms. The number of alkyl carbamates (subject to hydrolysis) is 1. The molecule has 23 heavy (non-hydrogen) atoms. The predicted octanol–water partition coefficient (Wildman–Crippen LogP) is 0.875. The molecule has 0 fully saturated rings. The quantitative estimate of drug-likeness (QED) is 0.277. The van der Waals surface area contributed by atoms with E-state index in [-0.39, 0.29) is 11.9 Å². The lowest BCUT2D eigenvalue weighted by atomic mass is 10.2. The van der Waals surface area contributed by atoms with Crippen LogP contribution in [0.3, 0.4) is 0 Å². The first-order valence-electron chi connectivity index (χ1n) is 7.76.